The summed E-state index contributed by atoms with van der Waals surface area (Å²) < 4.78 is 8.15. The molecule has 0 bridgehead atoms. The number of nitrogens with zero attached hydrogens (tertiary/aromatic N) is 2. The lowest BCUT2D eigenvalue weighted by molar-refractivity contribution is -0.660. The number of rotatable bonds is 1. The van der Waals surface area contributed by atoms with E-state index in [1.54, 1.807) is 6.07 Å². The lowest BCUT2D eigenvalue weighted by atomic mass is 9.97. The molecule has 0 amide bonds. The van der Waals surface area contributed by atoms with Gasteiger partial charge in [0.25, 0.3) is 0 Å². The predicted octanol–water partition coefficient (Wildman–Crippen LogP) is 4.57. The lowest BCUT2D eigenvalue weighted by Crippen LogP contribution is -2.30. The van der Waals surface area contributed by atoms with Crippen LogP contribution in [0.25, 0.3) is 33.2 Å². The van der Waals surface area contributed by atoms with Crippen LogP contribution in [0, 0.1) is 25.2 Å². The molecule has 0 spiro atoms. The first-order chi connectivity index (χ1) is 11.6. The fourth-order valence-corrected chi connectivity index (χ4v) is 3.30. The molecule has 0 fully saturated rings. The van der Waals surface area contributed by atoms with Crippen LogP contribution in [0.1, 0.15) is 16.7 Å². The van der Waals surface area contributed by atoms with Gasteiger partial charge in [0.15, 0.2) is 6.20 Å². The van der Waals surface area contributed by atoms with Gasteiger partial charge in [-0.05, 0) is 49.2 Å². The summed E-state index contributed by atoms with van der Waals surface area (Å²) in [5.41, 5.74) is 7.01. The van der Waals surface area contributed by atoms with Gasteiger partial charge in [0, 0.05) is 22.9 Å². The van der Waals surface area contributed by atoms with Crippen molar-refractivity contribution in [1.29, 1.82) is 5.26 Å². The van der Waals surface area contributed by atoms with E-state index in [-0.39, 0.29) is 0 Å². The molecule has 0 unspecified atom stereocenters. The Hall–Kier alpha value is -3.12. The van der Waals surface area contributed by atoms with Crippen LogP contribution in [-0.2, 0) is 7.05 Å². The van der Waals surface area contributed by atoms with Gasteiger partial charge in [0.2, 0.25) is 5.69 Å². The Labute approximate surface area is 140 Å². The Kier molecular flexibility index (Phi) is 3.14. The van der Waals surface area contributed by atoms with Crippen LogP contribution >= 0.6 is 0 Å². The van der Waals surface area contributed by atoms with Gasteiger partial charge in [-0.25, -0.2) is 4.57 Å². The minimum Gasteiger partial charge on any atom is -0.456 e. The molecule has 0 N–H and O–H groups in total. The van der Waals surface area contributed by atoms with E-state index in [9.17, 15) is 5.26 Å². The smallest absolute Gasteiger partial charge is 0.213 e. The number of aryl methyl sites for hydroxylation is 3. The van der Waals surface area contributed by atoms with Crippen LogP contribution in [0.5, 0.6) is 0 Å². The highest BCUT2D eigenvalue weighted by molar-refractivity contribution is 6.12. The number of pyridine rings is 1. The van der Waals surface area contributed by atoms with Gasteiger partial charge in [-0.3, -0.25) is 0 Å². The van der Waals surface area contributed by atoms with Gasteiger partial charge in [-0.2, -0.15) is 5.26 Å². The van der Waals surface area contributed by atoms with Crippen molar-refractivity contribution in [1.82, 2.24) is 0 Å². The van der Waals surface area contributed by atoms with Crippen molar-refractivity contribution in [3.8, 4) is 17.3 Å². The highest BCUT2D eigenvalue weighted by Gasteiger charge is 2.20. The Morgan fingerprint density at radius 3 is 2.58 bits per heavy atom. The summed E-state index contributed by atoms with van der Waals surface area (Å²) in [6.45, 7) is 4.21. The predicted molar refractivity (Wildman–Crippen MR) is 94.5 cm³/mol. The Balaban J connectivity index is 2.20. The van der Waals surface area contributed by atoms with E-state index in [2.05, 4.69) is 55.9 Å². The van der Waals surface area contributed by atoms with E-state index in [1.807, 2.05) is 18.2 Å². The van der Waals surface area contributed by atoms with Gasteiger partial charge in [-0.1, -0.05) is 6.07 Å². The molecule has 3 nitrogen and oxygen atoms in total. The largest absolute Gasteiger partial charge is 0.456 e. The highest BCUT2D eigenvalue weighted by Crippen LogP contribution is 2.38. The van der Waals surface area contributed by atoms with Crippen molar-refractivity contribution in [2.24, 2.45) is 7.05 Å². The second-order valence-electron chi connectivity index (χ2n) is 6.26. The van der Waals surface area contributed by atoms with E-state index < -0.39 is 0 Å². The minimum absolute atomic E-state index is 0.645. The average Bonchev–Trinajstić information content (AvgIpc) is 2.95. The van der Waals surface area contributed by atoms with Crippen molar-refractivity contribution in [2.75, 3.05) is 0 Å². The second-order valence-corrected chi connectivity index (χ2v) is 6.26. The molecule has 3 heteroatoms. The minimum atomic E-state index is 0.645. The number of hydrogen-bond acceptors (Lipinski definition) is 2. The summed E-state index contributed by atoms with van der Waals surface area (Å²) in [5.74, 6) is 0. The van der Waals surface area contributed by atoms with Gasteiger partial charge >= 0.3 is 0 Å². The number of fused-ring (bicyclic) bond motifs is 3. The third-order valence-corrected chi connectivity index (χ3v) is 4.53. The summed E-state index contributed by atoms with van der Waals surface area (Å²) in [6, 6.07) is 16.2. The van der Waals surface area contributed by atoms with Gasteiger partial charge in [-0.15, -0.1) is 0 Å². The summed E-state index contributed by atoms with van der Waals surface area (Å²) in [6.07, 6.45) is 2.08. The summed E-state index contributed by atoms with van der Waals surface area (Å²) >= 11 is 0. The van der Waals surface area contributed by atoms with Crippen LogP contribution in [0.3, 0.4) is 0 Å². The first-order valence-electron chi connectivity index (χ1n) is 7.91. The molecule has 0 saturated carbocycles. The number of nitriles is 1. The summed E-state index contributed by atoms with van der Waals surface area (Å²) in [4.78, 5) is 0. The number of benzene rings is 2. The molecule has 0 saturated heterocycles. The van der Waals surface area contributed by atoms with Crippen molar-refractivity contribution in [3.63, 3.8) is 0 Å². The van der Waals surface area contributed by atoms with Crippen molar-refractivity contribution < 1.29 is 8.98 Å². The standard InChI is InChI=1S/C21H17N2O/c1-13-8-9-23(3)17(10-13)20-14(2)4-6-19-21(20)16-11-15(12-22)5-7-18(16)24-19/h4-11H,1-3H3/q+1. The number of furan rings is 1. The number of aromatic nitrogens is 1. The Morgan fingerprint density at radius 1 is 1.00 bits per heavy atom. The zero-order valence-electron chi connectivity index (χ0n) is 13.9. The zero-order chi connectivity index (χ0) is 16.8. The molecule has 116 valence electrons. The number of hydrogen-bond donors (Lipinski definition) is 0. The third-order valence-electron chi connectivity index (χ3n) is 4.53. The fraction of sp³-hybridized carbons (Fsp3) is 0.143. The van der Waals surface area contributed by atoms with Crippen LogP contribution in [0.15, 0.2) is 53.1 Å². The van der Waals surface area contributed by atoms with E-state index >= 15 is 0 Å². The molecular weight excluding hydrogens is 296 g/mol. The molecule has 0 aliphatic heterocycles. The monoisotopic (exact) mass is 313 g/mol. The zero-order valence-corrected chi connectivity index (χ0v) is 13.9. The van der Waals surface area contributed by atoms with Crippen LogP contribution in [-0.4, -0.2) is 0 Å². The Morgan fingerprint density at radius 2 is 1.79 bits per heavy atom. The Bertz CT molecular complexity index is 1150. The van der Waals surface area contributed by atoms with E-state index in [1.165, 1.54) is 11.1 Å². The topological polar surface area (TPSA) is 40.8 Å². The maximum absolute atomic E-state index is 9.24. The first kappa shape index (κ1) is 14.5. The van der Waals surface area contributed by atoms with Gasteiger partial charge in [0.05, 0.1) is 17.2 Å². The van der Waals surface area contributed by atoms with Gasteiger partial charge < -0.3 is 4.42 Å². The van der Waals surface area contributed by atoms with Gasteiger partial charge in [0.1, 0.15) is 18.2 Å². The van der Waals surface area contributed by atoms with Crippen molar-refractivity contribution >= 4 is 21.9 Å². The van der Waals surface area contributed by atoms with Crippen LogP contribution in [0.2, 0.25) is 0 Å². The van der Waals surface area contributed by atoms with Crippen LogP contribution in [0.4, 0.5) is 0 Å². The van der Waals surface area contributed by atoms with Crippen molar-refractivity contribution in [2.45, 2.75) is 13.8 Å². The quantitative estimate of drug-likeness (QED) is 0.483. The molecule has 2 aromatic carbocycles. The molecular formula is C21H17N2O+. The van der Waals surface area contributed by atoms with E-state index in [4.69, 9.17) is 4.42 Å². The van der Waals surface area contributed by atoms with E-state index in [0.717, 1.165) is 33.2 Å². The molecule has 2 heterocycles. The maximum Gasteiger partial charge on any atom is 0.213 e. The molecule has 24 heavy (non-hydrogen) atoms. The molecule has 0 atom stereocenters. The fourth-order valence-electron chi connectivity index (χ4n) is 3.30. The molecule has 0 radical (unpaired) electrons. The van der Waals surface area contributed by atoms with E-state index in [0.29, 0.717) is 5.56 Å². The molecule has 4 aromatic rings. The van der Waals surface area contributed by atoms with Crippen molar-refractivity contribution in [3.05, 3.63) is 65.4 Å². The molecule has 0 aliphatic rings. The SMILES string of the molecule is Cc1cc[n+](C)c(-c2c(C)ccc3oc4ccc(C#N)cc4c23)c1. The first-order valence-corrected chi connectivity index (χ1v) is 7.91. The van der Waals surface area contributed by atoms with Crippen LogP contribution < -0.4 is 4.57 Å². The average molecular weight is 313 g/mol. The highest BCUT2D eigenvalue weighted by atomic mass is 16.3. The second kappa shape index (κ2) is 5.21. The molecule has 2 aromatic heterocycles. The summed E-state index contributed by atoms with van der Waals surface area (Å²) in [7, 11) is 2.05. The lowest BCUT2D eigenvalue weighted by Gasteiger charge is -2.07. The molecule has 0 aliphatic carbocycles. The maximum atomic E-state index is 9.24. The third kappa shape index (κ3) is 2.08. The normalized spacial score (nSPS) is 11.1. The summed E-state index contributed by atoms with van der Waals surface area (Å²) in [5, 5.41) is 11.3. The molecule has 4 rings (SSSR count).